The van der Waals surface area contributed by atoms with Gasteiger partial charge in [-0.1, -0.05) is 6.07 Å². The Morgan fingerprint density at radius 3 is 2.68 bits per heavy atom. The van der Waals surface area contributed by atoms with Crippen molar-refractivity contribution < 1.29 is 28.9 Å². The monoisotopic (exact) mass is 387 g/mol. The van der Waals surface area contributed by atoms with Gasteiger partial charge in [-0.2, -0.15) is 0 Å². The van der Waals surface area contributed by atoms with Gasteiger partial charge in [-0.15, -0.1) is 0 Å². The summed E-state index contributed by atoms with van der Waals surface area (Å²) in [5.74, 6) is 0.0795. The first-order valence-corrected chi connectivity index (χ1v) is 9.41. The van der Waals surface area contributed by atoms with Gasteiger partial charge in [-0.3, -0.25) is 14.5 Å². The Morgan fingerprint density at radius 1 is 1.29 bits per heavy atom. The third kappa shape index (κ3) is 2.45. The first-order chi connectivity index (χ1) is 13.3. The van der Waals surface area contributed by atoms with E-state index in [1.54, 1.807) is 6.07 Å². The van der Waals surface area contributed by atoms with Gasteiger partial charge in [-0.25, -0.2) is 0 Å². The summed E-state index contributed by atoms with van der Waals surface area (Å²) >= 11 is 0. The molecule has 1 aromatic rings. The summed E-state index contributed by atoms with van der Waals surface area (Å²) in [6.07, 6.45) is 2.23. The zero-order valence-corrected chi connectivity index (χ0v) is 16.5. The number of likely N-dealkylation sites (N-methyl/N-ethyl adjacent to an activating group) is 1. The van der Waals surface area contributed by atoms with Crippen LogP contribution in [0.4, 0.5) is 0 Å². The fourth-order valence-corrected chi connectivity index (χ4v) is 5.38. The molecule has 0 spiro atoms. The number of phenols is 1. The van der Waals surface area contributed by atoms with Crippen LogP contribution >= 0.6 is 0 Å². The fraction of sp³-hybridized carbons (Fsp3) is 0.524. The number of aromatic hydroxyl groups is 1. The van der Waals surface area contributed by atoms with Gasteiger partial charge in [-0.05, 0) is 32.2 Å². The number of hydrogen-bond acceptors (Lipinski definition) is 7. The van der Waals surface area contributed by atoms with Gasteiger partial charge < -0.3 is 19.3 Å². The highest BCUT2D eigenvalue weighted by Crippen LogP contribution is 2.60. The lowest BCUT2D eigenvalue weighted by Crippen LogP contribution is -2.62. The Morgan fingerprint density at radius 2 is 2.04 bits per heavy atom. The van der Waals surface area contributed by atoms with Crippen LogP contribution in [0, 0.1) is 5.92 Å². The molecule has 7 nitrogen and oxygen atoms in total. The van der Waals surface area contributed by atoms with E-state index in [1.165, 1.54) is 21.1 Å². The van der Waals surface area contributed by atoms with Gasteiger partial charge in [0.1, 0.15) is 6.10 Å². The maximum Gasteiger partial charge on any atom is 0.303 e. The number of fused-ring (bicyclic) bond motifs is 1. The van der Waals surface area contributed by atoms with Crippen molar-refractivity contribution in [3.8, 4) is 11.5 Å². The number of carbonyl (C=O) groups excluding carboxylic acids is 2. The zero-order valence-electron chi connectivity index (χ0n) is 16.5. The Balaban J connectivity index is 2.02. The molecule has 0 radical (unpaired) electrons. The molecule has 3 aliphatic rings. The van der Waals surface area contributed by atoms with E-state index in [2.05, 4.69) is 4.90 Å². The van der Waals surface area contributed by atoms with E-state index >= 15 is 0 Å². The second-order valence-electron chi connectivity index (χ2n) is 7.85. The molecule has 1 aromatic carbocycles. The summed E-state index contributed by atoms with van der Waals surface area (Å²) in [5.41, 5.74) is 0.816. The highest BCUT2D eigenvalue weighted by atomic mass is 16.5. The van der Waals surface area contributed by atoms with Gasteiger partial charge >= 0.3 is 5.97 Å². The van der Waals surface area contributed by atoms with Gasteiger partial charge in [0.15, 0.2) is 23.0 Å². The van der Waals surface area contributed by atoms with Gasteiger partial charge in [0.25, 0.3) is 0 Å². The molecular weight excluding hydrogens is 362 g/mol. The molecule has 1 aliphatic heterocycles. The quantitative estimate of drug-likeness (QED) is 0.795. The molecule has 1 heterocycles. The van der Waals surface area contributed by atoms with Crippen molar-refractivity contribution in [2.75, 3.05) is 27.8 Å². The van der Waals surface area contributed by atoms with Crippen LogP contribution in [0.3, 0.4) is 0 Å². The number of Topliss-reactive ketones (excluding diaryl/α,β-unsaturated/α-hetero) is 1. The molecular formula is C21H25NO6. The Bertz CT molecular complexity index is 878. The molecule has 150 valence electrons. The molecule has 0 aromatic heterocycles. The zero-order chi connectivity index (χ0) is 20.2. The van der Waals surface area contributed by atoms with Crippen LogP contribution in [0.1, 0.15) is 37.0 Å². The number of carbonyl (C=O) groups is 2. The second kappa shape index (κ2) is 6.51. The van der Waals surface area contributed by atoms with E-state index in [0.717, 1.165) is 12.1 Å². The number of ether oxygens (including phenoxy) is 3. The van der Waals surface area contributed by atoms with E-state index in [1.807, 2.05) is 19.2 Å². The summed E-state index contributed by atoms with van der Waals surface area (Å²) in [4.78, 5) is 26.9. The normalized spacial score (nSPS) is 31.4. The van der Waals surface area contributed by atoms with E-state index in [-0.39, 0.29) is 35.9 Å². The number of hydrogen-bond donors (Lipinski definition) is 1. The predicted molar refractivity (Wildman–Crippen MR) is 100 cm³/mol. The fourth-order valence-electron chi connectivity index (χ4n) is 5.38. The first-order valence-electron chi connectivity index (χ1n) is 9.41. The van der Waals surface area contributed by atoms with Crippen LogP contribution in [0.15, 0.2) is 24.0 Å². The summed E-state index contributed by atoms with van der Waals surface area (Å²) in [6.45, 7) is 2.10. The van der Waals surface area contributed by atoms with Crippen molar-refractivity contribution >= 4 is 11.8 Å². The third-order valence-electron chi connectivity index (χ3n) is 6.53. The second-order valence-corrected chi connectivity index (χ2v) is 7.85. The lowest BCUT2D eigenvalue weighted by atomic mass is 9.52. The minimum absolute atomic E-state index is 0.0206. The minimum atomic E-state index is -0.582. The lowest BCUT2D eigenvalue weighted by molar-refractivity contribution is -0.156. The van der Waals surface area contributed by atoms with E-state index in [9.17, 15) is 14.7 Å². The van der Waals surface area contributed by atoms with Crippen LogP contribution < -0.4 is 4.74 Å². The Hall–Kier alpha value is -2.54. The first kappa shape index (κ1) is 18.8. The summed E-state index contributed by atoms with van der Waals surface area (Å²) in [6, 6.07) is 3.36. The van der Waals surface area contributed by atoms with E-state index in [4.69, 9.17) is 14.2 Å². The number of likely N-dealkylation sites (tertiary alicyclic amines) is 1. The number of piperidine rings is 1. The molecule has 28 heavy (non-hydrogen) atoms. The van der Waals surface area contributed by atoms with Crippen molar-refractivity contribution in [2.24, 2.45) is 5.92 Å². The number of rotatable bonds is 3. The van der Waals surface area contributed by atoms with Crippen molar-refractivity contribution in [2.45, 2.75) is 37.3 Å². The molecule has 4 rings (SSSR count). The molecule has 2 aliphatic carbocycles. The molecule has 1 unspecified atom stereocenters. The van der Waals surface area contributed by atoms with E-state index < -0.39 is 11.5 Å². The topological polar surface area (TPSA) is 85.3 Å². The Kier molecular flexibility index (Phi) is 4.38. The van der Waals surface area contributed by atoms with Crippen molar-refractivity contribution in [1.29, 1.82) is 0 Å². The van der Waals surface area contributed by atoms with Gasteiger partial charge in [0.2, 0.25) is 0 Å². The van der Waals surface area contributed by atoms with Crippen molar-refractivity contribution in [1.82, 2.24) is 4.90 Å². The van der Waals surface area contributed by atoms with E-state index in [0.29, 0.717) is 23.5 Å². The molecule has 1 N–H and O–H groups in total. The smallest absolute Gasteiger partial charge is 0.303 e. The summed E-state index contributed by atoms with van der Waals surface area (Å²) in [5, 5.41) is 11.1. The van der Waals surface area contributed by atoms with Crippen LogP contribution in [-0.4, -0.2) is 55.6 Å². The summed E-state index contributed by atoms with van der Waals surface area (Å²) in [7, 11) is 4.98. The molecule has 0 saturated carbocycles. The number of nitrogens with zero attached hydrogens (tertiary/aromatic N) is 1. The summed E-state index contributed by atoms with van der Waals surface area (Å²) < 4.78 is 16.4. The standard InChI is InChI=1S/C21H25NO6/c1-11(23)28-20-12-5-6-15(26-3)19(25)17(12)21-7-8-22(2)18(20)13(21)9-16(27-4)14(24)10-21/h5-6,9,13,18,20,25H,7-8,10H2,1-4H3/t13?,18-,20-,21-/m1/s1. The van der Waals surface area contributed by atoms with Gasteiger partial charge in [0.05, 0.1) is 20.3 Å². The number of phenolic OH excluding ortho intramolecular Hbond substituents is 1. The Labute approximate surface area is 163 Å². The molecule has 0 amide bonds. The molecule has 1 fully saturated rings. The molecule has 1 saturated heterocycles. The van der Waals surface area contributed by atoms with Crippen LogP contribution in [0.5, 0.6) is 11.5 Å². The number of methoxy groups -OCH3 is 2. The van der Waals surface area contributed by atoms with Crippen LogP contribution in [0.2, 0.25) is 0 Å². The lowest BCUT2D eigenvalue weighted by Gasteiger charge is -2.58. The number of esters is 1. The highest BCUT2D eigenvalue weighted by Gasteiger charge is 2.60. The average Bonchev–Trinajstić information content (AvgIpc) is 2.65. The third-order valence-corrected chi connectivity index (χ3v) is 6.53. The molecule has 7 heteroatoms. The molecule has 2 bridgehead atoms. The van der Waals surface area contributed by atoms with Gasteiger partial charge in [0, 0.05) is 35.8 Å². The van der Waals surface area contributed by atoms with Crippen molar-refractivity contribution in [3.05, 3.63) is 35.1 Å². The number of allylic oxidation sites excluding steroid dienone is 1. The minimum Gasteiger partial charge on any atom is -0.504 e. The number of benzene rings is 1. The largest absolute Gasteiger partial charge is 0.504 e. The SMILES string of the molecule is COC1=CC2[C@@H]3[C@H](OC(C)=O)c4ccc(OC)c(O)c4[C@]2(CCN3C)CC1=O. The predicted octanol–water partition coefficient (Wildman–Crippen LogP) is 2.08. The maximum absolute atomic E-state index is 12.8. The van der Waals surface area contributed by atoms with Crippen LogP contribution in [0.25, 0.3) is 0 Å². The maximum atomic E-state index is 12.8. The number of ketones is 1. The molecule has 4 atom stereocenters. The average molecular weight is 387 g/mol. The highest BCUT2D eigenvalue weighted by molar-refractivity contribution is 5.96. The van der Waals surface area contributed by atoms with Crippen molar-refractivity contribution in [3.63, 3.8) is 0 Å². The van der Waals surface area contributed by atoms with Crippen LogP contribution in [-0.2, 0) is 24.5 Å².